The number of aliphatic hydroxyl groups excluding tert-OH is 1. The first-order chi connectivity index (χ1) is 5.66. The number of unbranched alkanes of at least 4 members (excludes halogenated alkanes) is 2. The Labute approximate surface area is 83.4 Å². The second-order valence-electron chi connectivity index (χ2n) is 3.04. The molecule has 0 aromatic rings. The third-order valence-corrected chi connectivity index (χ3v) is 1.89. The maximum atomic E-state index is 8.54. The average molecular weight is 236 g/mol. The van der Waals surface area contributed by atoms with Gasteiger partial charge in [-0.05, 0) is 32.9 Å². The minimum atomic E-state index is 0.314. The minimum Gasteiger partial charge on any atom is -0.396 e. The predicted molar refractivity (Wildman–Crippen MR) is 56.5 cm³/mol. The molecule has 0 aliphatic heterocycles. The van der Waals surface area contributed by atoms with Gasteiger partial charge in [0.1, 0.15) is 0 Å². The number of hydrogen-bond donors (Lipinski definition) is 1. The van der Waals surface area contributed by atoms with Crippen LogP contribution in [-0.2, 0) is 0 Å². The summed E-state index contributed by atoms with van der Waals surface area (Å²) in [6.07, 6.45) is 3.18. The summed E-state index contributed by atoms with van der Waals surface area (Å²) in [7, 11) is 2.07. The number of rotatable bonds is 7. The molecular formula is C9H18BrNO. The quantitative estimate of drug-likeness (QED) is 0.683. The summed E-state index contributed by atoms with van der Waals surface area (Å²) >= 11 is 3.32. The Morgan fingerprint density at radius 1 is 1.42 bits per heavy atom. The average Bonchev–Trinajstić information content (AvgIpc) is 1.97. The fraction of sp³-hybridized carbons (Fsp3) is 0.778. The van der Waals surface area contributed by atoms with E-state index in [0.717, 1.165) is 36.8 Å². The molecule has 0 aliphatic carbocycles. The van der Waals surface area contributed by atoms with Crippen LogP contribution in [0.5, 0.6) is 0 Å². The van der Waals surface area contributed by atoms with Gasteiger partial charge in [-0.3, -0.25) is 0 Å². The van der Waals surface area contributed by atoms with Gasteiger partial charge < -0.3 is 10.0 Å². The molecule has 0 rings (SSSR count). The lowest BCUT2D eigenvalue weighted by Crippen LogP contribution is -2.20. The monoisotopic (exact) mass is 235 g/mol. The molecule has 0 saturated carbocycles. The lowest BCUT2D eigenvalue weighted by atomic mass is 10.2. The smallest absolute Gasteiger partial charge is 0.0431 e. The van der Waals surface area contributed by atoms with Crippen LogP contribution in [0.25, 0.3) is 0 Å². The summed E-state index contributed by atoms with van der Waals surface area (Å²) in [6, 6.07) is 0. The molecule has 0 atom stereocenters. The van der Waals surface area contributed by atoms with E-state index in [1.165, 1.54) is 0 Å². The Kier molecular flexibility index (Phi) is 7.86. The molecule has 72 valence electrons. The summed E-state index contributed by atoms with van der Waals surface area (Å²) in [5, 5.41) is 8.54. The van der Waals surface area contributed by atoms with E-state index in [1.54, 1.807) is 0 Å². The van der Waals surface area contributed by atoms with Crippen molar-refractivity contribution >= 4 is 15.9 Å². The zero-order valence-corrected chi connectivity index (χ0v) is 9.31. The molecular weight excluding hydrogens is 218 g/mol. The highest BCUT2D eigenvalue weighted by molar-refractivity contribution is 9.11. The molecule has 0 bridgehead atoms. The van der Waals surface area contributed by atoms with Crippen LogP contribution in [0, 0.1) is 0 Å². The van der Waals surface area contributed by atoms with Crippen LogP contribution >= 0.6 is 15.9 Å². The largest absolute Gasteiger partial charge is 0.396 e. The zero-order valence-electron chi connectivity index (χ0n) is 7.72. The first-order valence-electron chi connectivity index (χ1n) is 4.29. The molecule has 1 N–H and O–H groups in total. The van der Waals surface area contributed by atoms with Crippen molar-refractivity contribution in [3.63, 3.8) is 0 Å². The lowest BCUT2D eigenvalue weighted by molar-refractivity contribution is 0.276. The molecule has 2 nitrogen and oxygen atoms in total. The SMILES string of the molecule is C=C(Br)CN(C)CCCCCO. The van der Waals surface area contributed by atoms with Crippen molar-refractivity contribution < 1.29 is 5.11 Å². The van der Waals surface area contributed by atoms with Gasteiger partial charge in [-0.1, -0.05) is 22.5 Å². The molecule has 0 aromatic carbocycles. The Morgan fingerprint density at radius 3 is 2.58 bits per heavy atom. The number of hydrogen-bond acceptors (Lipinski definition) is 2. The van der Waals surface area contributed by atoms with Gasteiger partial charge in [-0.15, -0.1) is 0 Å². The fourth-order valence-corrected chi connectivity index (χ4v) is 1.47. The Hall–Kier alpha value is 0.140. The summed E-state index contributed by atoms with van der Waals surface area (Å²) in [4.78, 5) is 2.22. The van der Waals surface area contributed by atoms with E-state index in [0.29, 0.717) is 6.61 Å². The number of nitrogens with zero attached hydrogens (tertiary/aromatic N) is 1. The van der Waals surface area contributed by atoms with Crippen molar-refractivity contribution in [2.24, 2.45) is 0 Å². The summed E-state index contributed by atoms with van der Waals surface area (Å²) in [5.74, 6) is 0. The molecule has 0 saturated heterocycles. The molecule has 0 heterocycles. The van der Waals surface area contributed by atoms with E-state index in [9.17, 15) is 0 Å². The van der Waals surface area contributed by atoms with Crippen molar-refractivity contribution in [2.75, 3.05) is 26.7 Å². The molecule has 0 radical (unpaired) electrons. The summed E-state index contributed by atoms with van der Waals surface area (Å²) in [6.45, 7) is 6.06. The zero-order chi connectivity index (χ0) is 9.40. The standard InChI is InChI=1S/C9H18BrNO/c1-9(10)8-11(2)6-4-3-5-7-12/h12H,1,3-8H2,2H3. The molecule has 3 heteroatoms. The molecule has 0 fully saturated rings. The maximum absolute atomic E-state index is 8.54. The first-order valence-corrected chi connectivity index (χ1v) is 5.08. The number of likely N-dealkylation sites (N-methyl/N-ethyl adjacent to an activating group) is 1. The molecule has 0 unspecified atom stereocenters. The lowest BCUT2D eigenvalue weighted by Gasteiger charge is -2.15. The topological polar surface area (TPSA) is 23.5 Å². The second kappa shape index (κ2) is 7.77. The minimum absolute atomic E-state index is 0.314. The van der Waals surface area contributed by atoms with Gasteiger partial charge in [-0.2, -0.15) is 0 Å². The van der Waals surface area contributed by atoms with Crippen molar-refractivity contribution in [3.8, 4) is 0 Å². The highest BCUT2D eigenvalue weighted by Gasteiger charge is 1.97. The Balaban J connectivity index is 3.19. The highest BCUT2D eigenvalue weighted by Crippen LogP contribution is 2.04. The van der Waals surface area contributed by atoms with Crippen molar-refractivity contribution in [1.82, 2.24) is 4.90 Å². The van der Waals surface area contributed by atoms with Crippen LogP contribution in [0.4, 0.5) is 0 Å². The summed E-state index contributed by atoms with van der Waals surface area (Å²) < 4.78 is 1.02. The van der Waals surface area contributed by atoms with Crippen LogP contribution < -0.4 is 0 Å². The molecule has 0 aliphatic rings. The van der Waals surface area contributed by atoms with E-state index in [1.807, 2.05) is 0 Å². The second-order valence-corrected chi connectivity index (χ2v) is 4.16. The Bertz CT molecular complexity index is 128. The van der Waals surface area contributed by atoms with Crippen LogP contribution in [0.3, 0.4) is 0 Å². The molecule has 0 amide bonds. The summed E-state index contributed by atoms with van der Waals surface area (Å²) in [5.41, 5.74) is 0. The van der Waals surface area contributed by atoms with Crippen LogP contribution in [0.1, 0.15) is 19.3 Å². The van der Waals surface area contributed by atoms with E-state index >= 15 is 0 Å². The van der Waals surface area contributed by atoms with Crippen LogP contribution in [0.15, 0.2) is 11.1 Å². The molecule has 12 heavy (non-hydrogen) atoms. The van der Waals surface area contributed by atoms with E-state index in [2.05, 4.69) is 34.5 Å². The van der Waals surface area contributed by atoms with Gasteiger partial charge in [-0.25, -0.2) is 0 Å². The predicted octanol–water partition coefficient (Wildman–Crippen LogP) is 1.99. The van der Waals surface area contributed by atoms with Crippen molar-refractivity contribution in [2.45, 2.75) is 19.3 Å². The third-order valence-electron chi connectivity index (χ3n) is 1.64. The third kappa shape index (κ3) is 8.24. The van der Waals surface area contributed by atoms with Gasteiger partial charge in [0.15, 0.2) is 0 Å². The molecule has 0 spiro atoms. The van der Waals surface area contributed by atoms with Crippen LogP contribution in [-0.4, -0.2) is 36.8 Å². The number of aliphatic hydroxyl groups is 1. The van der Waals surface area contributed by atoms with Crippen LogP contribution in [0.2, 0.25) is 0 Å². The first kappa shape index (κ1) is 12.1. The number of halogens is 1. The molecule has 0 aromatic heterocycles. The Morgan fingerprint density at radius 2 is 2.08 bits per heavy atom. The normalized spacial score (nSPS) is 10.7. The van der Waals surface area contributed by atoms with Gasteiger partial charge in [0, 0.05) is 17.6 Å². The fourth-order valence-electron chi connectivity index (χ4n) is 1.04. The highest BCUT2D eigenvalue weighted by atomic mass is 79.9. The van der Waals surface area contributed by atoms with Gasteiger partial charge in [0.2, 0.25) is 0 Å². The van der Waals surface area contributed by atoms with E-state index in [-0.39, 0.29) is 0 Å². The maximum Gasteiger partial charge on any atom is 0.0431 e. The van der Waals surface area contributed by atoms with Gasteiger partial charge >= 0.3 is 0 Å². The van der Waals surface area contributed by atoms with Gasteiger partial charge in [0.05, 0.1) is 0 Å². The van der Waals surface area contributed by atoms with E-state index in [4.69, 9.17) is 5.11 Å². The van der Waals surface area contributed by atoms with E-state index < -0.39 is 0 Å². The van der Waals surface area contributed by atoms with Gasteiger partial charge in [0.25, 0.3) is 0 Å². The van der Waals surface area contributed by atoms with Crippen molar-refractivity contribution in [1.29, 1.82) is 0 Å². The van der Waals surface area contributed by atoms with Crippen molar-refractivity contribution in [3.05, 3.63) is 11.1 Å².